The van der Waals surface area contributed by atoms with Crippen molar-refractivity contribution in [2.24, 2.45) is 5.92 Å². The molecule has 3 heterocycles. The molecule has 2 unspecified atom stereocenters. The molecular weight excluding hydrogens is 316 g/mol. The summed E-state index contributed by atoms with van der Waals surface area (Å²) in [6.07, 6.45) is 0. The summed E-state index contributed by atoms with van der Waals surface area (Å²) < 4.78 is 5.41. The van der Waals surface area contributed by atoms with Crippen LogP contribution in [0.4, 0.5) is 5.13 Å². The number of likely N-dealkylation sites (tertiary alicyclic amines) is 1. The number of rotatable bonds is 3. The van der Waals surface area contributed by atoms with Crippen molar-refractivity contribution in [2.45, 2.75) is 19.9 Å². The number of hydrogen-bond donors (Lipinski definition) is 1. The highest BCUT2D eigenvalue weighted by molar-refractivity contribution is 7.14. The number of thiazole rings is 1. The summed E-state index contributed by atoms with van der Waals surface area (Å²) in [6, 6.07) is 0.385. The molecule has 2 amide bonds. The van der Waals surface area contributed by atoms with Crippen LogP contribution in [0.2, 0.25) is 0 Å². The molecule has 0 spiro atoms. The zero-order chi connectivity index (χ0) is 16.4. The molecule has 0 radical (unpaired) electrons. The average molecular weight is 338 g/mol. The minimum absolute atomic E-state index is 0.0551. The van der Waals surface area contributed by atoms with Crippen molar-refractivity contribution >= 4 is 28.3 Å². The molecule has 2 aliphatic heterocycles. The maximum atomic E-state index is 12.6. The summed E-state index contributed by atoms with van der Waals surface area (Å²) in [6.45, 7) is 8.49. The normalized spacial score (nSPS) is 25.6. The van der Waals surface area contributed by atoms with Crippen LogP contribution in [0, 0.1) is 5.92 Å². The lowest BCUT2D eigenvalue weighted by atomic mass is 10.0. The highest BCUT2D eigenvalue weighted by atomic mass is 32.1. The third kappa shape index (κ3) is 3.70. The minimum atomic E-state index is -0.180. The number of hydrogen-bond acceptors (Lipinski definition) is 6. The van der Waals surface area contributed by atoms with E-state index in [0.29, 0.717) is 22.8 Å². The number of nitrogens with one attached hydrogen (secondary N) is 1. The maximum absolute atomic E-state index is 12.6. The smallest absolute Gasteiger partial charge is 0.273 e. The van der Waals surface area contributed by atoms with Crippen LogP contribution in [0.1, 0.15) is 24.3 Å². The topological polar surface area (TPSA) is 74.8 Å². The van der Waals surface area contributed by atoms with Gasteiger partial charge in [-0.3, -0.25) is 14.5 Å². The number of anilines is 1. The molecule has 0 saturated carbocycles. The van der Waals surface area contributed by atoms with Crippen molar-refractivity contribution in [3.8, 4) is 0 Å². The molecular formula is C15H22N4O3S. The van der Waals surface area contributed by atoms with Crippen LogP contribution >= 0.6 is 11.3 Å². The van der Waals surface area contributed by atoms with Crippen LogP contribution in [-0.2, 0) is 9.53 Å². The Morgan fingerprint density at radius 1 is 1.35 bits per heavy atom. The lowest BCUT2D eigenvalue weighted by Gasteiger charge is -2.33. The van der Waals surface area contributed by atoms with Crippen LogP contribution in [0.5, 0.6) is 0 Å². The molecule has 126 valence electrons. The van der Waals surface area contributed by atoms with Gasteiger partial charge in [-0.25, -0.2) is 4.98 Å². The second kappa shape index (κ2) is 6.94. The van der Waals surface area contributed by atoms with Crippen molar-refractivity contribution < 1.29 is 14.3 Å². The van der Waals surface area contributed by atoms with Crippen LogP contribution < -0.4 is 5.32 Å². The molecule has 1 N–H and O–H groups in total. The Balaban J connectivity index is 1.64. The number of ether oxygens (including phenoxy) is 1. The van der Waals surface area contributed by atoms with E-state index in [1.807, 2.05) is 4.90 Å². The van der Waals surface area contributed by atoms with E-state index in [1.165, 1.54) is 18.3 Å². The zero-order valence-corrected chi connectivity index (χ0v) is 14.3. The van der Waals surface area contributed by atoms with E-state index in [0.717, 1.165) is 39.4 Å². The van der Waals surface area contributed by atoms with Gasteiger partial charge in [-0.15, -0.1) is 11.3 Å². The summed E-state index contributed by atoms with van der Waals surface area (Å²) in [7, 11) is 0. The van der Waals surface area contributed by atoms with Crippen molar-refractivity contribution in [1.29, 1.82) is 0 Å². The summed E-state index contributed by atoms with van der Waals surface area (Å²) in [4.78, 5) is 32.2. The van der Waals surface area contributed by atoms with E-state index in [9.17, 15) is 9.59 Å². The molecule has 2 aliphatic rings. The Morgan fingerprint density at radius 3 is 2.78 bits per heavy atom. The maximum Gasteiger partial charge on any atom is 0.273 e. The fourth-order valence-corrected chi connectivity index (χ4v) is 3.97. The van der Waals surface area contributed by atoms with E-state index in [2.05, 4.69) is 22.1 Å². The molecule has 3 rings (SSSR count). The molecule has 2 atom stereocenters. The molecule has 0 aromatic carbocycles. The molecule has 0 aliphatic carbocycles. The Morgan fingerprint density at radius 2 is 2.09 bits per heavy atom. The third-order valence-electron chi connectivity index (χ3n) is 4.38. The molecule has 0 bridgehead atoms. The summed E-state index contributed by atoms with van der Waals surface area (Å²) in [5, 5.41) is 4.79. The first kappa shape index (κ1) is 16.4. The first-order valence-corrected chi connectivity index (χ1v) is 8.76. The van der Waals surface area contributed by atoms with Gasteiger partial charge < -0.3 is 15.0 Å². The molecule has 2 fully saturated rings. The van der Waals surface area contributed by atoms with Crippen molar-refractivity contribution in [3.63, 3.8) is 0 Å². The summed E-state index contributed by atoms with van der Waals surface area (Å²) in [5.41, 5.74) is 0.411. The van der Waals surface area contributed by atoms with Gasteiger partial charge in [0.1, 0.15) is 5.69 Å². The van der Waals surface area contributed by atoms with E-state index >= 15 is 0 Å². The SMILES string of the molecule is CC(=O)Nc1nc(C(=O)N2CC(C)C(N3CCOCC3)C2)cs1. The fourth-order valence-electron chi connectivity index (χ4n) is 3.24. The molecule has 7 nitrogen and oxygen atoms in total. The van der Waals surface area contributed by atoms with Crippen LogP contribution in [-0.4, -0.2) is 72.0 Å². The third-order valence-corrected chi connectivity index (χ3v) is 5.14. The standard InChI is InChI=1S/C15H22N4O3S/c1-10-7-19(8-13(10)18-3-5-22-6-4-18)14(21)12-9-23-15(17-12)16-11(2)20/h9-10,13H,3-8H2,1-2H3,(H,16,17,20). The number of morpholine rings is 1. The highest BCUT2D eigenvalue weighted by Crippen LogP contribution is 2.25. The number of carbonyl (C=O) groups is 2. The predicted molar refractivity (Wildman–Crippen MR) is 87.7 cm³/mol. The largest absolute Gasteiger partial charge is 0.379 e. The lowest BCUT2D eigenvalue weighted by molar-refractivity contribution is -0.114. The van der Waals surface area contributed by atoms with Crippen LogP contribution in [0.15, 0.2) is 5.38 Å². The van der Waals surface area contributed by atoms with Crippen molar-refractivity contribution in [1.82, 2.24) is 14.8 Å². The van der Waals surface area contributed by atoms with E-state index in [-0.39, 0.29) is 11.8 Å². The molecule has 1 aromatic heterocycles. The Kier molecular flexibility index (Phi) is 4.93. The van der Waals surface area contributed by atoms with Crippen LogP contribution in [0.25, 0.3) is 0 Å². The van der Waals surface area contributed by atoms with Gasteiger partial charge in [-0.1, -0.05) is 6.92 Å². The van der Waals surface area contributed by atoms with E-state index < -0.39 is 0 Å². The van der Waals surface area contributed by atoms with E-state index in [4.69, 9.17) is 4.74 Å². The van der Waals surface area contributed by atoms with Gasteiger partial charge in [-0.2, -0.15) is 0 Å². The number of aromatic nitrogens is 1. The van der Waals surface area contributed by atoms with Gasteiger partial charge in [0.2, 0.25) is 5.91 Å². The van der Waals surface area contributed by atoms with Crippen molar-refractivity contribution in [2.75, 3.05) is 44.7 Å². The molecule has 8 heteroatoms. The second-order valence-corrected chi connectivity index (χ2v) is 6.98. The minimum Gasteiger partial charge on any atom is -0.379 e. The number of nitrogens with zero attached hydrogens (tertiary/aromatic N) is 3. The Bertz CT molecular complexity index is 585. The number of carbonyl (C=O) groups excluding carboxylic acids is 2. The predicted octanol–water partition coefficient (Wildman–Crippen LogP) is 0.894. The van der Waals surface area contributed by atoms with Gasteiger partial charge in [0.05, 0.1) is 13.2 Å². The first-order chi connectivity index (χ1) is 11.0. The van der Waals surface area contributed by atoms with Gasteiger partial charge in [0.25, 0.3) is 5.91 Å². The average Bonchev–Trinajstić information content (AvgIpc) is 3.14. The van der Waals surface area contributed by atoms with Gasteiger partial charge in [0.15, 0.2) is 5.13 Å². The zero-order valence-electron chi connectivity index (χ0n) is 13.4. The quantitative estimate of drug-likeness (QED) is 0.886. The van der Waals surface area contributed by atoms with Gasteiger partial charge in [0, 0.05) is 44.5 Å². The summed E-state index contributed by atoms with van der Waals surface area (Å²) in [5.74, 6) is 0.200. The molecule has 1 aromatic rings. The lowest BCUT2D eigenvalue weighted by Crippen LogP contribution is -2.47. The Labute approximate surface area is 139 Å². The van der Waals surface area contributed by atoms with Gasteiger partial charge >= 0.3 is 0 Å². The monoisotopic (exact) mass is 338 g/mol. The molecule has 23 heavy (non-hydrogen) atoms. The first-order valence-electron chi connectivity index (χ1n) is 7.89. The second-order valence-electron chi connectivity index (χ2n) is 6.12. The van der Waals surface area contributed by atoms with E-state index in [1.54, 1.807) is 5.38 Å². The summed E-state index contributed by atoms with van der Waals surface area (Å²) >= 11 is 1.28. The fraction of sp³-hybridized carbons (Fsp3) is 0.667. The molecule has 2 saturated heterocycles. The van der Waals surface area contributed by atoms with Crippen molar-refractivity contribution in [3.05, 3.63) is 11.1 Å². The highest BCUT2D eigenvalue weighted by Gasteiger charge is 2.37. The number of amides is 2. The Hall–Kier alpha value is -1.51. The van der Waals surface area contributed by atoms with Crippen LogP contribution in [0.3, 0.4) is 0 Å². The van der Waals surface area contributed by atoms with Gasteiger partial charge in [-0.05, 0) is 5.92 Å².